The lowest BCUT2D eigenvalue weighted by Crippen LogP contribution is -2.64. The van der Waals surface area contributed by atoms with Crippen molar-refractivity contribution in [1.82, 2.24) is 10.2 Å². The van der Waals surface area contributed by atoms with E-state index in [2.05, 4.69) is 26.2 Å². The summed E-state index contributed by atoms with van der Waals surface area (Å²) in [7, 11) is 2.70. The second-order valence-electron chi connectivity index (χ2n) is 5.16. The number of hydrogen-bond donors (Lipinski definition) is 2. The number of aliphatic hydroxyl groups excluding tert-OH is 1. The number of amides is 1. The molecule has 1 amide bonds. The third-order valence-electron chi connectivity index (χ3n) is 3.77. The van der Waals surface area contributed by atoms with Crippen molar-refractivity contribution in [3.05, 3.63) is 20.8 Å². The molecule has 6 nitrogen and oxygen atoms in total. The van der Waals surface area contributed by atoms with Crippen molar-refractivity contribution in [2.45, 2.75) is 18.9 Å². The van der Waals surface area contributed by atoms with Crippen molar-refractivity contribution < 1.29 is 14.7 Å². The lowest BCUT2D eigenvalue weighted by atomic mass is 9.79. The van der Waals surface area contributed by atoms with Crippen LogP contribution in [-0.4, -0.2) is 49.1 Å². The van der Waals surface area contributed by atoms with Crippen LogP contribution in [0.25, 0.3) is 0 Å². The number of nitrogens with one attached hydrogen (secondary N) is 1. The number of guanidine groups is 1. The number of carbonyl (C=O) groups excluding carboxylic acids is 2. The first-order valence-corrected chi connectivity index (χ1v) is 8.37. The van der Waals surface area contributed by atoms with Crippen molar-refractivity contribution >= 4 is 52.7 Å². The standard InChI is InChI=1S/C13H16BBrN3O3S/c1-13(10-5-8(15)6-22-10)9(3-4-19)11(21)18(2)12(16-13)17-14-7-20/h5-7,9,19H,3-4H2,1-2H3,(H,16,17)/t9-,13-/m0/s1. The Morgan fingerprint density at radius 1 is 1.68 bits per heavy atom. The van der Waals surface area contributed by atoms with Crippen LogP contribution in [0.4, 0.5) is 0 Å². The van der Waals surface area contributed by atoms with Gasteiger partial charge in [0.15, 0.2) is 5.96 Å². The average Bonchev–Trinajstić information content (AvgIpc) is 2.93. The van der Waals surface area contributed by atoms with Gasteiger partial charge in [-0.3, -0.25) is 9.69 Å². The summed E-state index contributed by atoms with van der Waals surface area (Å²) in [6.45, 7) is 1.83. The molecule has 2 N–H and O–H groups in total. The van der Waals surface area contributed by atoms with E-state index < -0.39 is 11.5 Å². The number of thiophene rings is 1. The van der Waals surface area contributed by atoms with E-state index in [1.54, 1.807) is 7.05 Å². The van der Waals surface area contributed by atoms with Gasteiger partial charge < -0.3 is 20.1 Å². The molecule has 0 aliphatic carbocycles. The van der Waals surface area contributed by atoms with Crippen molar-refractivity contribution in [2.75, 3.05) is 13.7 Å². The van der Waals surface area contributed by atoms with Crippen LogP contribution in [0.3, 0.4) is 0 Å². The molecule has 1 aliphatic heterocycles. The summed E-state index contributed by atoms with van der Waals surface area (Å²) in [5.41, 5.74) is -0.696. The second kappa shape index (κ2) is 6.93. The van der Waals surface area contributed by atoms with Gasteiger partial charge in [-0.1, -0.05) is 0 Å². The van der Waals surface area contributed by atoms with E-state index in [-0.39, 0.29) is 12.5 Å². The SMILES string of the molecule is CN1C(=O)[C@H](CCO)[C@@](C)(c2cc(Br)cs2)NC1=N[B]C=O. The normalized spacial score (nSPS) is 26.9. The Labute approximate surface area is 142 Å². The van der Waals surface area contributed by atoms with Gasteiger partial charge in [0, 0.05) is 28.4 Å². The third-order valence-corrected chi connectivity index (χ3v) is 5.70. The molecule has 1 aliphatic rings. The molecule has 2 heterocycles. The molecule has 2 rings (SSSR count). The molecule has 0 bridgehead atoms. The van der Waals surface area contributed by atoms with Crippen LogP contribution in [0.2, 0.25) is 0 Å². The molecule has 9 heteroatoms. The molecule has 1 fully saturated rings. The molecule has 0 spiro atoms. The lowest BCUT2D eigenvalue weighted by Gasteiger charge is -2.45. The highest BCUT2D eigenvalue weighted by molar-refractivity contribution is 9.10. The Hall–Kier alpha value is -1.19. The molecule has 2 atom stereocenters. The molecule has 22 heavy (non-hydrogen) atoms. The maximum atomic E-state index is 12.7. The van der Waals surface area contributed by atoms with E-state index in [9.17, 15) is 14.7 Å². The van der Waals surface area contributed by atoms with E-state index in [0.717, 1.165) is 16.8 Å². The van der Waals surface area contributed by atoms with Crippen molar-refractivity contribution in [2.24, 2.45) is 10.8 Å². The average molecular weight is 385 g/mol. The minimum Gasteiger partial charge on any atom is -0.396 e. The van der Waals surface area contributed by atoms with Gasteiger partial charge in [0.1, 0.15) is 6.19 Å². The Morgan fingerprint density at radius 2 is 2.41 bits per heavy atom. The summed E-state index contributed by atoms with van der Waals surface area (Å²) in [4.78, 5) is 29.5. The van der Waals surface area contributed by atoms with Crippen LogP contribution >= 0.6 is 27.3 Å². The first-order valence-electron chi connectivity index (χ1n) is 6.70. The summed E-state index contributed by atoms with van der Waals surface area (Å²) < 4.78 is 0.933. The Balaban J connectivity index is 2.46. The van der Waals surface area contributed by atoms with Gasteiger partial charge in [-0.15, -0.1) is 11.3 Å². The van der Waals surface area contributed by atoms with Crippen LogP contribution in [0.5, 0.6) is 0 Å². The molecule has 0 saturated carbocycles. The molecule has 117 valence electrons. The molecule has 1 aromatic heterocycles. The van der Waals surface area contributed by atoms with Crippen LogP contribution in [0.15, 0.2) is 20.8 Å². The number of halogens is 1. The van der Waals surface area contributed by atoms with E-state index in [0.29, 0.717) is 18.6 Å². The van der Waals surface area contributed by atoms with E-state index in [1.165, 1.54) is 16.2 Å². The molecular formula is C13H16BBrN3O3S. The minimum atomic E-state index is -0.696. The van der Waals surface area contributed by atoms with Gasteiger partial charge in [-0.25, -0.2) is 0 Å². The topological polar surface area (TPSA) is 82.0 Å². The number of nitrogens with zero attached hydrogens (tertiary/aromatic N) is 2. The zero-order valence-corrected chi connectivity index (χ0v) is 14.6. The molecule has 0 aromatic carbocycles. The van der Waals surface area contributed by atoms with Crippen molar-refractivity contribution in [3.63, 3.8) is 0 Å². The lowest BCUT2D eigenvalue weighted by molar-refractivity contribution is -0.136. The Bertz CT molecular complexity index is 609. The van der Waals surface area contributed by atoms with Crippen molar-refractivity contribution in [3.8, 4) is 0 Å². The van der Waals surface area contributed by atoms with Crippen molar-refractivity contribution in [1.29, 1.82) is 0 Å². The number of aliphatic hydroxyl groups is 1. The van der Waals surface area contributed by atoms with E-state index >= 15 is 0 Å². The number of rotatable bonds is 5. The first kappa shape index (κ1) is 17.2. The van der Waals surface area contributed by atoms with Crippen LogP contribution in [-0.2, 0) is 15.1 Å². The van der Waals surface area contributed by atoms with E-state index in [4.69, 9.17) is 0 Å². The number of carbonyl (C=O) groups is 2. The van der Waals surface area contributed by atoms with E-state index in [1.807, 2.05) is 18.4 Å². The highest BCUT2D eigenvalue weighted by atomic mass is 79.9. The summed E-state index contributed by atoms with van der Waals surface area (Å²) in [6, 6.07) is 1.95. The predicted octanol–water partition coefficient (Wildman–Crippen LogP) is 0.951. The summed E-state index contributed by atoms with van der Waals surface area (Å²) in [5.74, 6) is -0.251. The number of hydrogen-bond acceptors (Lipinski definition) is 5. The molecule has 1 aromatic rings. The molecule has 0 unspecified atom stereocenters. The molecule has 1 saturated heterocycles. The predicted molar refractivity (Wildman–Crippen MR) is 90.4 cm³/mol. The van der Waals surface area contributed by atoms with Crippen LogP contribution in [0.1, 0.15) is 18.2 Å². The summed E-state index contributed by atoms with van der Waals surface area (Å²) in [6.07, 6.45) is 0.902. The minimum absolute atomic E-state index is 0.0823. The quantitative estimate of drug-likeness (QED) is 0.585. The Kier molecular flexibility index (Phi) is 5.41. The van der Waals surface area contributed by atoms with Crippen LogP contribution < -0.4 is 5.32 Å². The maximum Gasteiger partial charge on any atom is 0.358 e. The highest BCUT2D eigenvalue weighted by Crippen LogP contribution is 2.39. The maximum absolute atomic E-state index is 12.7. The first-order chi connectivity index (χ1) is 10.4. The molecular weight excluding hydrogens is 369 g/mol. The third kappa shape index (κ3) is 3.11. The van der Waals surface area contributed by atoms with Gasteiger partial charge in [0.25, 0.3) is 0 Å². The van der Waals surface area contributed by atoms with Gasteiger partial charge >= 0.3 is 7.41 Å². The fourth-order valence-electron chi connectivity index (χ4n) is 2.57. The molecule has 1 radical (unpaired) electrons. The summed E-state index contributed by atoms with van der Waals surface area (Å²) in [5, 5.41) is 14.5. The van der Waals surface area contributed by atoms with Gasteiger partial charge in [-0.2, -0.15) is 0 Å². The highest BCUT2D eigenvalue weighted by Gasteiger charge is 2.47. The fourth-order valence-corrected chi connectivity index (χ4v) is 4.17. The summed E-state index contributed by atoms with van der Waals surface area (Å²) >= 11 is 4.94. The fraction of sp³-hybridized carbons (Fsp3) is 0.462. The monoisotopic (exact) mass is 384 g/mol. The smallest absolute Gasteiger partial charge is 0.358 e. The second-order valence-corrected chi connectivity index (χ2v) is 6.98. The Morgan fingerprint density at radius 3 is 2.95 bits per heavy atom. The zero-order chi connectivity index (χ0) is 16.3. The zero-order valence-electron chi connectivity index (χ0n) is 12.2. The largest absolute Gasteiger partial charge is 0.396 e. The van der Waals surface area contributed by atoms with Gasteiger partial charge in [0.05, 0.1) is 11.5 Å². The van der Waals surface area contributed by atoms with Gasteiger partial charge in [0.2, 0.25) is 5.91 Å². The van der Waals surface area contributed by atoms with Crippen LogP contribution in [0, 0.1) is 5.92 Å². The van der Waals surface area contributed by atoms with Gasteiger partial charge in [-0.05, 0) is 35.3 Å².